The molecule has 0 spiro atoms. The number of nitrogens with one attached hydrogen (secondary N) is 2. The van der Waals surface area contributed by atoms with Gasteiger partial charge < -0.3 is 15.4 Å². The quantitative estimate of drug-likeness (QED) is 0.826. The predicted octanol–water partition coefficient (Wildman–Crippen LogP) is 2.72. The van der Waals surface area contributed by atoms with Gasteiger partial charge in [-0.25, -0.2) is 9.78 Å². The average Bonchev–Trinajstić information content (AvgIpc) is 3.03. The van der Waals surface area contributed by atoms with E-state index < -0.39 is 0 Å². The Balaban J connectivity index is 1.80. The van der Waals surface area contributed by atoms with Gasteiger partial charge in [0.05, 0.1) is 23.9 Å². The van der Waals surface area contributed by atoms with Gasteiger partial charge in [-0.05, 0) is 12.5 Å². The highest BCUT2D eigenvalue weighted by molar-refractivity contribution is 7.07. The molecule has 6 heteroatoms. The highest BCUT2D eigenvalue weighted by Gasteiger charge is 2.12. The van der Waals surface area contributed by atoms with Gasteiger partial charge in [-0.3, -0.25) is 0 Å². The van der Waals surface area contributed by atoms with E-state index in [0.717, 1.165) is 11.3 Å². The molecule has 0 aliphatic rings. The summed E-state index contributed by atoms with van der Waals surface area (Å²) < 4.78 is 5.68. The molecule has 2 aromatic rings. The van der Waals surface area contributed by atoms with Crippen molar-refractivity contribution in [2.45, 2.75) is 19.6 Å². The third-order valence-corrected chi connectivity index (χ3v) is 3.54. The predicted molar refractivity (Wildman–Crippen MR) is 83.2 cm³/mol. The lowest BCUT2D eigenvalue weighted by Crippen LogP contribution is -2.38. The molecule has 5 nitrogen and oxygen atoms in total. The first-order valence-electron chi connectivity index (χ1n) is 6.85. The minimum atomic E-state index is -0.219. The fraction of sp³-hybridized carbons (Fsp3) is 0.333. The summed E-state index contributed by atoms with van der Waals surface area (Å²) in [5, 5.41) is 7.51. The normalized spacial score (nSPS) is 11.9. The standard InChI is InChI=1S/C15H19N3O2S/c1-2-20-14(12-6-4-3-5-7-12)9-17-15(19)16-8-13-10-21-11-18-13/h3-7,10-11,14H,2,8-9H2,1H3,(H2,16,17,19)/t14-/m1/s1. The van der Waals surface area contributed by atoms with Crippen molar-refractivity contribution in [3.63, 3.8) is 0 Å². The molecule has 2 rings (SSSR count). The Morgan fingerprint density at radius 3 is 2.81 bits per heavy atom. The maximum atomic E-state index is 11.8. The molecule has 1 aromatic carbocycles. The number of thiazole rings is 1. The fourth-order valence-corrected chi connectivity index (χ4v) is 2.44. The summed E-state index contributed by atoms with van der Waals surface area (Å²) in [6, 6.07) is 9.65. The zero-order valence-corrected chi connectivity index (χ0v) is 12.7. The van der Waals surface area contributed by atoms with E-state index in [4.69, 9.17) is 4.74 Å². The molecule has 0 aliphatic carbocycles. The number of ether oxygens (including phenoxy) is 1. The number of aromatic nitrogens is 1. The Labute approximate surface area is 128 Å². The number of nitrogens with zero attached hydrogens (tertiary/aromatic N) is 1. The van der Waals surface area contributed by atoms with Gasteiger partial charge in [-0.2, -0.15) is 0 Å². The molecule has 21 heavy (non-hydrogen) atoms. The van der Waals surface area contributed by atoms with Gasteiger partial charge in [0.2, 0.25) is 0 Å². The monoisotopic (exact) mass is 305 g/mol. The average molecular weight is 305 g/mol. The van der Waals surface area contributed by atoms with Crippen LogP contribution in [0.2, 0.25) is 0 Å². The van der Waals surface area contributed by atoms with Crippen LogP contribution >= 0.6 is 11.3 Å². The minimum Gasteiger partial charge on any atom is -0.372 e. The summed E-state index contributed by atoms with van der Waals surface area (Å²) in [7, 11) is 0. The van der Waals surface area contributed by atoms with Crippen molar-refractivity contribution >= 4 is 17.4 Å². The number of urea groups is 1. The van der Waals surface area contributed by atoms with Crippen LogP contribution in [-0.2, 0) is 11.3 Å². The van der Waals surface area contributed by atoms with Crippen LogP contribution < -0.4 is 10.6 Å². The van der Waals surface area contributed by atoms with Crippen LogP contribution in [0.15, 0.2) is 41.2 Å². The molecule has 1 atom stereocenters. The molecule has 0 bridgehead atoms. The van der Waals surface area contributed by atoms with Gasteiger partial charge >= 0.3 is 6.03 Å². The van der Waals surface area contributed by atoms with Gasteiger partial charge in [-0.1, -0.05) is 30.3 Å². The third-order valence-electron chi connectivity index (χ3n) is 2.90. The van der Waals surface area contributed by atoms with E-state index in [1.54, 1.807) is 5.51 Å². The first kappa shape index (κ1) is 15.5. The summed E-state index contributed by atoms with van der Waals surface area (Å²) in [5.74, 6) is 0. The van der Waals surface area contributed by atoms with Gasteiger partial charge in [0.1, 0.15) is 0 Å². The summed E-state index contributed by atoms with van der Waals surface area (Å²) in [6.45, 7) is 3.40. The fourth-order valence-electron chi connectivity index (χ4n) is 1.89. The van der Waals surface area contributed by atoms with E-state index in [1.807, 2.05) is 42.6 Å². The summed E-state index contributed by atoms with van der Waals surface area (Å²) in [5.41, 5.74) is 3.66. The molecular weight excluding hydrogens is 286 g/mol. The Bertz CT molecular complexity index is 531. The number of amides is 2. The smallest absolute Gasteiger partial charge is 0.315 e. The van der Waals surface area contributed by atoms with E-state index in [1.165, 1.54) is 11.3 Å². The lowest BCUT2D eigenvalue weighted by molar-refractivity contribution is 0.0639. The molecule has 0 saturated heterocycles. The minimum absolute atomic E-state index is 0.138. The van der Waals surface area contributed by atoms with Crippen molar-refractivity contribution in [1.29, 1.82) is 0 Å². The summed E-state index contributed by atoms with van der Waals surface area (Å²) >= 11 is 1.51. The van der Waals surface area contributed by atoms with Gasteiger partial charge in [0.25, 0.3) is 0 Å². The van der Waals surface area contributed by atoms with E-state index in [9.17, 15) is 4.79 Å². The maximum Gasteiger partial charge on any atom is 0.315 e. The van der Waals surface area contributed by atoms with E-state index in [0.29, 0.717) is 19.7 Å². The van der Waals surface area contributed by atoms with Crippen LogP contribution in [0.4, 0.5) is 4.79 Å². The molecule has 0 aliphatic heterocycles. The Hall–Kier alpha value is -1.92. The second-order valence-electron chi connectivity index (χ2n) is 4.40. The molecule has 0 unspecified atom stereocenters. The van der Waals surface area contributed by atoms with Crippen molar-refractivity contribution in [1.82, 2.24) is 15.6 Å². The summed E-state index contributed by atoms with van der Waals surface area (Å²) in [4.78, 5) is 15.9. The van der Waals surface area contributed by atoms with Crippen LogP contribution in [0.1, 0.15) is 24.3 Å². The Kier molecular flexibility index (Phi) is 6.18. The highest BCUT2D eigenvalue weighted by atomic mass is 32.1. The Morgan fingerprint density at radius 1 is 1.33 bits per heavy atom. The number of hydrogen-bond acceptors (Lipinski definition) is 4. The van der Waals surface area contributed by atoms with Crippen molar-refractivity contribution in [2.75, 3.05) is 13.2 Å². The lowest BCUT2D eigenvalue weighted by Gasteiger charge is -2.18. The van der Waals surface area contributed by atoms with Crippen LogP contribution in [0.5, 0.6) is 0 Å². The highest BCUT2D eigenvalue weighted by Crippen LogP contribution is 2.15. The zero-order chi connectivity index (χ0) is 14.9. The van der Waals surface area contributed by atoms with Crippen LogP contribution in [0, 0.1) is 0 Å². The maximum absolute atomic E-state index is 11.8. The first-order chi connectivity index (χ1) is 10.3. The van der Waals surface area contributed by atoms with Crippen LogP contribution in [-0.4, -0.2) is 24.2 Å². The van der Waals surface area contributed by atoms with Crippen molar-refractivity contribution in [3.05, 3.63) is 52.5 Å². The first-order valence-corrected chi connectivity index (χ1v) is 7.79. The number of hydrogen-bond donors (Lipinski definition) is 2. The second kappa shape index (κ2) is 8.39. The van der Waals surface area contributed by atoms with Crippen molar-refractivity contribution in [2.24, 2.45) is 0 Å². The Morgan fingerprint density at radius 2 is 2.14 bits per heavy atom. The number of benzene rings is 1. The molecule has 0 saturated carbocycles. The number of rotatable bonds is 7. The zero-order valence-electron chi connectivity index (χ0n) is 11.9. The molecule has 112 valence electrons. The topological polar surface area (TPSA) is 63.2 Å². The van der Waals surface area contributed by atoms with E-state index in [-0.39, 0.29) is 12.1 Å². The summed E-state index contributed by atoms with van der Waals surface area (Å²) in [6.07, 6.45) is -0.138. The largest absolute Gasteiger partial charge is 0.372 e. The lowest BCUT2D eigenvalue weighted by atomic mass is 10.1. The third kappa shape index (κ3) is 5.17. The van der Waals surface area contributed by atoms with Gasteiger partial charge in [0.15, 0.2) is 0 Å². The molecule has 1 aromatic heterocycles. The number of carbonyl (C=O) groups excluding carboxylic acids is 1. The van der Waals surface area contributed by atoms with Crippen molar-refractivity contribution in [3.8, 4) is 0 Å². The second-order valence-corrected chi connectivity index (χ2v) is 5.12. The van der Waals surface area contributed by atoms with E-state index >= 15 is 0 Å². The van der Waals surface area contributed by atoms with Crippen molar-refractivity contribution < 1.29 is 9.53 Å². The molecule has 0 fully saturated rings. The van der Waals surface area contributed by atoms with Gasteiger partial charge in [0, 0.05) is 18.5 Å². The molecule has 2 N–H and O–H groups in total. The molecule has 1 heterocycles. The molecule has 0 radical (unpaired) electrons. The molecular formula is C15H19N3O2S. The van der Waals surface area contributed by atoms with E-state index in [2.05, 4.69) is 15.6 Å². The van der Waals surface area contributed by atoms with Gasteiger partial charge in [-0.15, -0.1) is 11.3 Å². The van der Waals surface area contributed by atoms with Crippen LogP contribution in [0.3, 0.4) is 0 Å². The SMILES string of the molecule is CCO[C@H](CNC(=O)NCc1cscn1)c1ccccc1. The van der Waals surface area contributed by atoms with Crippen LogP contribution in [0.25, 0.3) is 0 Å². The number of carbonyl (C=O) groups is 1. The molecule has 2 amide bonds.